The van der Waals surface area contributed by atoms with Crippen LogP contribution in [-0.2, 0) is 18.5 Å². The molecule has 2 saturated heterocycles. The molecule has 42 heavy (non-hydrogen) atoms. The topological polar surface area (TPSA) is 75.0 Å². The molecular formula is C32H38F2N8. The van der Waals surface area contributed by atoms with Crippen LogP contribution in [0, 0.1) is 17.0 Å². The number of likely N-dealkylation sites (tertiary alicyclic amines) is 2. The van der Waals surface area contributed by atoms with Gasteiger partial charge in [-0.1, -0.05) is 6.07 Å². The van der Waals surface area contributed by atoms with Crippen LogP contribution in [0.3, 0.4) is 0 Å². The average molecular weight is 573 g/mol. The number of anilines is 2. The van der Waals surface area contributed by atoms with Crippen molar-refractivity contribution in [3.63, 3.8) is 0 Å². The van der Waals surface area contributed by atoms with Crippen LogP contribution in [0.25, 0.3) is 22.3 Å². The largest absolute Gasteiger partial charge is 0.322 e. The fourth-order valence-electron chi connectivity index (χ4n) is 7.07. The highest BCUT2D eigenvalue weighted by molar-refractivity contribution is 5.83. The minimum Gasteiger partial charge on any atom is -0.322 e. The number of hydrogen-bond donors (Lipinski definition) is 1. The SMILES string of the molecule is CN1CCC2(CC1)CCN(Cc1ccc(Nc3ncc(F)c(-c4cc(F)c5nc6n(c5c4)C(C)(C)CC6)n3)nc1)CC2. The van der Waals surface area contributed by atoms with Crippen LogP contribution < -0.4 is 5.32 Å². The standard InChI is InChI=1S/C32H38F2N8/c1-31(2)7-6-27-38-29-23(33)16-22(17-25(29)42(27)31)28-24(34)19-36-30(39-28)37-26-5-4-21(18-35-26)20-41-14-10-32(11-15-41)8-12-40(3)13-9-32/h4-5,16-19H,6-15,20H2,1-3H3,(H,35,36,37,39). The van der Waals surface area contributed by atoms with E-state index in [0.717, 1.165) is 50.1 Å². The maximum absolute atomic E-state index is 15.2. The van der Waals surface area contributed by atoms with Gasteiger partial charge in [-0.2, -0.15) is 0 Å². The number of fused-ring (bicyclic) bond motifs is 3. The Morgan fingerprint density at radius 2 is 1.64 bits per heavy atom. The maximum Gasteiger partial charge on any atom is 0.229 e. The van der Waals surface area contributed by atoms with Crippen molar-refractivity contribution in [3.05, 3.63) is 59.7 Å². The van der Waals surface area contributed by atoms with Crippen LogP contribution in [0.1, 0.15) is 57.3 Å². The van der Waals surface area contributed by atoms with E-state index in [0.29, 0.717) is 27.8 Å². The van der Waals surface area contributed by atoms with E-state index in [9.17, 15) is 4.39 Å². The van der Waals surface area contributed by atoms with Crippen molar-refractivity contribution >= 4 is 22.8 Å². The smallest absolute Gasteiger partial charge is 0.229 e. The molecule has 10 heteroatoms. The van der Waals surface area contributed by atoms with Crippen LogP contribution in [0.4, 0.5) is 20.5 Å². The van der Waals surface area contributed by atoms with E-state index in [1.807, 2.05) is 12.3 Å². The fourth-order valence-corrected chi connectivity index (χ4v) is 7.07. The molecule has 2 fully saturated rings. The summed E-state index contributed by atoms with van der Waals surface area (Å²) >= 11 is 0. The Bertz CT molecular complexity index is 1610. The first-order valence-electron chi connectivity index (χ1n) is 15.1. The summed E-state index contributed by atoms with van der Waals surface area (Å²) in [5, 5.41) is 3.09. The summed E-state index contributed by atoms with van der Waals surface area (Å²) in [6.45, 7) is 9.79. The van der Waals surface area contributed by atoms with Gasteiger partial charge >= 0.3 is 0 Å². The minimum absolute atomic E-state index is 0.0313. The molecule has 3 aromatic heterocycles. The molecule has 3 aliphatic rings. The lowest BCUT2D eigenvalue weighted by Gasteiger charge is -2.46. The van der Waals surface area contributed by atoms with Gasteiger partial charge in [-0.05, 0) is 108 Å². The van der Waals surface area contributed by atoms with Crippen molar-refractivity contribution in [2.75, 3.05) is 38.5 Å². The highest BCUT2D eigenvalue weighted by Gasteiger charge is 2.37. The van der Waals surface area contributed by atoms with Crippen molar-refractivity contribution in [1.82, 2.24) is 34.3 Å². The lowest BCUT2D eigenvalue weighted by atomic mass is 9.71. The third kappa shape index (κ3) is 5.04. The zero-order valence-electron chi connectivity index (χ0n) is 24.6. The summed E-state index contributed by atoms with van der Waals surface area (Å²) in [5.74, 6) is 0.516. The molecule has 3 aliphatic heterocycles. The number of aryl methyl sites for hydroxylation is 1. The normalized spacial score (nSPS) is 20.3. The summed E-state index contributed by atoms with van der Waals surface area (Å²) < 4.78 is 32.2. The number of hydrogen-bond acceptors (Lipinski definition) is 7. The number of halogens is 2. The van der Waals surface area contributed by atoms with Crippen LogP contribution in [0.2, 0.25) is 0 Å². The Morgan fingerprint density at radius 3 is 2.38 bits per heavy atom. The van der Waals surface area contributed by atoms with E-state index in [1.165, 1.54) is 44.8 Å². The van der Waals surface area contributed by atoms with Crippen molar-refractivity contribution in [2.24, 2.45) is 5.41 Å². The lowest BCUT2D eigenvalue weighted by molar-refractivity contribution is 0.0400. The van der Waals surface area contributed by atoms with E-state index in [4.69, 9.17) is 0 Å². The zero-order valence-corrected chi connectivity index (χ0v) is 24.6. The first-order chi connectivity index (χ1) is 20.2. The first-order valence-corrected chi connectivity index (χ1v) is 15.1. The van der Waals surface area contributed by atoms with Gasteiger partial charge in [0.05, 0.1) is 11.7 Å². The highest BCUT2D eigenvalue weighted by atomic mass is 19.1. The van der Waals surface area contributed by atoms with Gasteiger partial charge in [0.15, 0.2) is 11.6 Å². The summed E-state index contributed by atoms with van der Waals surface area (Å²) in [7, 11) is 2.22. The van der Waals surface area contributed by atoms with Crippen molar-refractivity contribution in [1.29, 1.82) is 0 Å². The Morgan fingerprint density at radius 1 is 0.881 bits per heavy atom. The van der Waals surface area contributed by atoms with Gasteiger partial charge in [-0.15, -0.1) is 0 Å². The van der Waals surface area contributed by atoms with E-state index in [-0.39, 0.29) is 17.2 Å². The summed E-state index contributed by atoms with van der Waals surface area (Å²) in [6.07, 6.45) is 9.88. The number of rotatable bonds is 5. The second-order valence-electron chi connectivity index (χ2n) is 13.1. The minimum atomic E-state index is -0.619. The van der Waals surface area contributed by atoms with Crippen LogP contribution in [0.15, 0.2) is 36.7 Å². The summed E-state index contributed by atoms with van der Waals surface area (Å²) in [5.41, 5.74) is 2.85. The molecule has 0 saturated carbocycles. The molecule has 8 nitrogen and oxygen atoms in total. The van der Waals surface area contributed by atoms with Gasteiger partial charge in [0, 0.05) is 30.3 Å². The quantitative estimate of drug-likeness (QED) is 0.319. The van der Waals surface area contributed by atoms with Gasteiger partial charge in [-0.3, -0.25) is 4.90 Å². The molecule has 0 atom stereocenters. The predicted molar refractivity (Wildman–Crippen MR) is 160 cm³/mol. The predicted octanol–water partition coefficient (Wildman–Crippen LogP) is 5.90. The van der Waals surface area contributed by atoms with Gasteiger partial charge in [0.2, 0.25) is 5.95 Å². The Hall–Kier alpha value is -3.50. The molecule has 6 heterocycles. The summed E-state index contributed by atoms with van der Waals surface area (Å²) in [4.78, 5) is 22.6. The van der Waals surface area contributed by atoms with E-state index in [2.05, 4.69) is 66.6 Å². The van der Waals surface area contributed by atoms with Crippen LogP contribution >= 0.6 is 0 Å². The van der Waals surface area contributed by atoms with Gasteiger partial charge in [0.25, 0.3) is 0 Å². The summed E-state index contributed by atoms with van der Waals surface area (Å²) in [6, 6.07) is 7.04. The lowest BCUT2D eigenvalue weighted by Crippen LogP contribution is -2.45. The molecule has 1 N–H and O–H groups in total. The third-order valence-electron chi connectivity index (χ3n) is 9.80. The van der Waals surface area contributed by atoms with E-state index in [1.54, 1.807) is 6.07 Å². The molecule has 0 radical (unpaired) electrons. The van der Waals surface area contributed by atoms with Gasteiger partial charge < -0.3 is 14.8 Å². The van der Waals surface area contributed by atoms with Gasteiger partial charge in [0.1, 0.15) is 22.9 Å². The van der Waals surface area contributed by atoms with Crippen molar-refractivity contribution < 1.29 is 8.78 Å². The number of nitrogens with one attached hydrogen (secondary N) is 1. The average Bonchev–Trinajstić information content (AvgIpc) is 3.51. The second-order valence-corrected chi connectivity index (χ2v) is 13.1. The molecular weight excluding hydrogens is 534 g/mol. The van der Waals surface area contributed by atoms with Crippen LogP contribution in [-0.4, -0.2) is 67.5 Å². The number of benzene rings is 1. The fraction of sp³-hybridized carbons (Fsp3) is 0.500. The Balaban J connectivity index is 1.05. The Kier molecular flexibility index (Phi) is 6.73. The Labute approximate surface area is 245 Å². The molecule has 0 amide bonds. The third-order valence-corrected chi connectivity index (χ3v) is 9.80. The number of piperidine rings is 2. The van der Waals surface area contributed by atoms with E-state index < -0.39 is 11.6 Å². The molecule has 0 bridgehead atoms. The number of aromatic nitrogens is 5. The zero-order chi connectivity index (χ0) is 29.1. The highest BCUT2D eigenvalue weighted by Crippen LogP contribution is 2.41. The molecule has 1 spiro atoms. The molecule has 1 aromatic carbocycles. The maximum atomic E-state index is 15.2. The second kappa shape index (κ2) is 10.3. The van der Waals surface area contributed by atoms with Crippen LogP contribution in [0.5, 0.6) is 0 Å². The number of pyridine rings is 1. The molecule has 7 rings (SSSR count). The van der Waals surface area contributed by atoms with Crippen molar-refractivity contribution in [2.45, 2.75) is 64.5 Å². The number of imidazole rings is 1. The molecule has 4 aromatic rings. The molecule has 0 unspecified atom stereocenters. The molecule has 0 aliphatic carbocycles. The van der Waals surface area contributed by atoms with Gasteiger partial charge in [-0.25, -0.2) is 28.7 Å². The molecule has 220 valence electrons. The van der Waals surface area contributed by atoms with E-state index >= 15 is 4.39 Å². The monoisotopic (exact) mass is 572 g/mol. The first kappa shape index (κ1) is 27.3. The van der Waals surface area contributed by atoms with Crippen molar-refractivity contribution in [3.8, 4) is 11.3 Å². The number of nitrogens with zero attached hydrogens (tertiary/aromatic N) is 7.